The summed E-state index contributed by atoms with van der Waals surface area (Å²) in [4.78, 5) is 72.6. The fraction of sp³-hybridized carbons (Fsp3) is 0.471. The average molecular weight is 945 g/mol. The minimum atomic E-state index is -0.733. The summed E-state index contributed by atoms with van der Waals surface area (Å²) in [5, 5.41) is 4.73. The Kier molecular flexibility index (Phi) is 13.1. The lowest BCUT2D eigenvalue weighted by molar-refractivity contribution is -0.136. The number of aromatic amines is 2. The molecule has 18 heteroatoms. The molecular formula is C51H62F2N12O4. The zero-order chi connectivity index (χ0) is 48.9. The van der Waals surface area contributed by atoms with Crippen LogP contribution in [-0.4, -0.2) is 126 Å². The van der Waals surface area contributed by atoms with E-state index in [1.807, 2.05) is 56.0 Å². The molecule has 364 valence electrons. The Hall–Kier alpha value is -6.69. The van der Waals surface area contributed by atoms with Crippen molar-refractivity contribution in [3.8, 4) is 0 Å². The Morgan fingerprint density at radius 1 is 0.710 bits per heavy atom. The number of nitrogens with two attached hydrogens (primary N) is 1. The highest BCUT2D eigenvalue weighted by molar-refractivity contribution is 5.89. The Morgan fingerprint density at radius 3 is 1.58 bits per heavy atom. The number of nitrogens with one attached hydrogen (secondary N) is 3. The monoisotopic (exact) mass is 944 g/mol. The lowest BCUT2D eigenvalue weighted by atomic mass is 9.90. The number of ether oxygens (including phenoxy) is 1. The first-order chi connectivity index (χ1) is 33.0. The normalized spacial score (nSPS) is 23.1. The van der Waals surface area contributed by atoms with Crippen molar-refractivity contribution in [2.75, 3.05) is 36.0 Å². The highest BCUT2D eigenvalue weighted by Crippen LogP contribution is 2.46. The number of likely N-dealkylation sites (tertiary alicyclic amines) is 2. The van der Waals surface area contributed by atoms with Gasteiger partial charge in [0.1, 0.15) is 23.3 Å². The number of rotatable bonds is 9. The maximum atomic E-state index is 14.0. The van der Waals surface area contributed by atoms with E-state index in [1.54, 1.807) is 63.8 Å². The molecule has 4 aliphatic heterocycles. The molecule has 0 saturated carbocycles. The van der Waals surface area contributed by atoms with E-state index in [9.17, 15) is 23.2 Å². The van der Waals surface area contributed by atoms with Crippen LogP contribution < -0.4 is 20.9 Å². The van der Waals surface area contributed by atoms with Gasteiger partial charge in [-0.1, -0.05) is 27.7 Å². The van der Waals surface area contributed by atoms with Gasteiger partial charge in [0.2, 0.25) is 23.7 Å². The molecule has 4 saturated heterocycles. The number of halogens is 2. The van der Waals surface area contributed by atoms with Gasteiger partial charge in [0.15, 0.2) is 0 Å². The molecule has 0 aliphatic carbocycles. The maximum Gasteiger partial charge on any atom is 0.408 e. The van der Waals surface area contributed by atoms with Gasteiger partial charge in [0.25, 0.3) is 0 Å². The van der Waals surface area contributed by atoms with Crippen LogP contribution in [0, 0.1) is 23.5 Å². The molecule has 10 rings (SSSR count). The van der Waals surface area contributed by atoms with Crippen molar-refractivity contribution in [2.24, 2.45) is 17.6 Å². The van der Waals surface area contributed by atoms with Gasteiger partial charge in [-0.05, 0) is 105 Å². The number of nitrogens with zero attached hydrogens (tertiary/aromatic N) is 8. The molecule has 0 bridgehead atoms. The molecule has 16 nitrogen and oxygen atoms in total. The zero-order valence-corrected chi connectivity index (χ0v) is 40.1. The Balaban J connectivity index is 0.000000175. The van der Waals surface area contributed by atoms with Gasteiger partial charge in [-0.3, -0.25) is 9.59 Å². The van der Waals surface area contributed by atoms with Crippen LogP contribution in [0.25, 0.3) is 21.8 Å². The summed E-state index contributed by atoms with van der Waals surface area (Å²) in [6.07, 6.45) is 11.8. The molecular weight excluding hydrogens is 883 g/mol. The van der Waals surface area contributed by atoms with Crippen LogP contribution in [-0.2, 0) is 14.3 Å². The third kappa shape index (κ3) is 9.30. The van der Waals surface area contributed by atoms with E-state index in [-0.39, 0.29) is 71.3 Å². The molecule has 0 unspecified atom stereocenters. The van der Waals surface area contributed by atoms with Crippen molar-refractivity contribution in [2.45, 2.75) is 115 Å². The van der Waals surface area contributed by atoms with Crippen molar-refractivity contribution in [1.82, 2.24) is 45.0 Å². The van der Waals surface area contributed by atoms with Crippen LogP contribution in [0.4, 0.5) is 25.5 Å². The molecule has 8 heterocycles. The Labute approximate surface area is 400 Å². The number of carbonyl (C=O) groups is 3. The first kappa shape index (κ1) is 47.4. The number of amides is 3. The lowest BCUT2D eigenvalue weighted by Gasteiger charge is -2.33. The van der Waals surface area contributed by atoms with E-state index < -0.39 is 23.8 Å². The number of benzene rings is 2. The van der Waals surface area contributed by atoms with E-state index in [2.05, 4.69) is 45.0 Å². The molecule has 2 aromatic carbocycles. The average Bonchev–Trinajstić information content (AvgIpc) is 4.18. The summed E-state index contributed by atoms with van der Waals surface area (Å²) >= 11 is 0. The smallest absolute Gasteiger partial charge is 0.408 e. The SMILES string of the molecule is CC(C)[C@H](N)C(=O)N1CC[C@@H]2[C@H]1[C@@H](c1c[nH]c3cc(F)ccc13)CN2c1ncccn1.CC(C)[C@H](NC(=O)OC(C)(C)C)C(=O)N1CC[C@@H]2[C@H]1[C@@H](c1c[nH]c3cc(F)ccc13)CN2c1ncccn1. The van der Waals surface area contributed by atoms with Gasteiger partial charge in [-0.2, -0.15) is 0 Å². The van der Waals surface area contributed by atoms with E-state index in [0.29, 0.717) is 43.6 Å². The van der Waals surface area contributed by atoms with Gasteiger partial charge in [0.05, 0.1) is 30.2 Å². The predicted molar refractivity (Wildman–Crippen MR) is 259 cm³/mol. The number of H-pyrrole nitrogens is 2. The molecule has 4 fully saturated rings. The molecule has 6 aromatic rings. The molecule has 69 heavy (non-hydrogen) atoms. The van der Waals surface area contributed by atoms with E-state index in [0.717, 1.165) is 40.3 Å². The minimum Gasteiger partial charge on any atom is -0.444 e. The minimum absolute atomic E-state index is 0.00536. The second-order valence-corrected chi connectivity index (χ2v) is 20.4. The Bertz CT molecular complexity index is 2800. The summed E-state index contributed by atoms with van der Waals surface area (Å²) in [6, 6.07) is 11.8. The summed E-state index contributed by atoms with van der Waals surface area (Å²) < 4.78 is 33.1. The molecule has 4 aromatic heterocycles. The number of fused-ring (bicyclic) bond motifs is 4. The van der Waals surface area contributed by atoms with Crippen LogP contribution in [0.1, 0.15) is 84.3 Å². The predicted octanol–water partition coefficient (Wildman–Crippen LogP) is 6.87. The molecule has 0 spiro atoms. The lowest BCUT2D eigenvalue weighted by Crippen LogP contribution is -2.54. The number of anilines is 2. The fourth-order valence-corrected chi connectivity index (χ4v) is 11.0. The number of hydrogen-bond acceptors (Lipinski definition) is 11. The third-order valence-electron chi connectivity index (χ3n) is 14.2. The molecule has 8 atom stereocenters. The quantitative estimate of drug-likeness (QED) is 0.118. The number of carbonyl (C=O) groups excluding carboxylic acids is 3. The van der Waals surface area contributed by atoms with Crippen molar-refractivity contribution in [3.05, 3.63) is 108 Å². The van der Waals surface area contributed by atoms with E-state index in [1.165, 1.54) is 24.3 Å². The van der Waals surface area contributed by atoms with Crippen molar-refractivity contribution >= 4 is 51.6 Å². The fourth-order valence-electron chi connectivity index (χ4n) is 11.0. The van der Waals surface area contributed by atoms with Gasteiger partial charge < -0.3 is 45.4 Å². The van der Waals surface area contributed by atoms with Gasteiger partial charge in [-0.15, -0.1) is 0 Å². The number of hydrogen-bond donors (Lipinski definition) is 4. The molecule has 0 radical (unpaired) electrons. The molecule has 5 N–H and O–H groups in total. The largest absolute Gasteiger partial charge is 0.444 e. The van der Waals surface area contributed by atoms with Gasteiger partial charge in [-0.25, -0.2) is 33.5 Å². The summed E-state index contributed by atoms with van der Waals surface area (Å²) in [6.45, 7) is 15.6. The van der Waals surface area contributed by atoms with E-state index >= 15 is 0 Å². The van der Waals surface area contributed by atoms with Gasteiger partial charge in [0, 0.05) is 97.0 Å². The van der Waals surface area contributed by atoms with Crippen LogP contribution >= 0.6 is 0 Å². The second-order valence-electron chi connectivity index (χ2n) is 20.4. The Morgan fingerprint density at radius 2 is 1.16 bits per heavy atom. The van der Waals surface area contributed by atoms with Gasteiger partial charge >= 0.3 is 6.09 Å². The molecule has 3 amide bonds. The van der Waals surface area contributed by atoms with Crippen molar-refractivity contribution < 1.29 is 27.9 Å². The first-order valence-electron chi connectivity index (χ1n) is 24.0. The third-order valence-corrected chi connectivity index (χ3v) is 14.2. The van der Waals surface area contributed by atoms with Crippen molar-refractivity contribution in [3.63, 3.8) is 0 Å². The van der Waals surface area contributed by atoms with Crippen molar-refractivity contribution in [1.29, 1.82) is 0 Å². The van der Waals surface area contributed by atoms with Crippen LogP contribution in [0.2, 0.25) is 0 Å². The topological polar surface area (TPSA) is 195 Å². The summed E-state index contributed by atoms with van der Waals surface area (Å²) in [7, 11) is 0. The number of alkyl carbamates (subject to hydrolysis) is 1. The van der Waals surface area contributed by atoms with Crippen LogP contribution in [0.15, 0.2) is 85.7 Å². The van der Waals surface area contributed by atoms with Crippen LogP contribution in [0.3, 0.4) is 0 Å². The molecule has 4 aliphatic rings. The summed E-state index contributed by atoms with van der Waals surface area (Å²) in [5.41, 5.74) is 9.17. The maximum absolute atomic E-state index is 14.0. The standard InChI is InChI=1S/C28H35FN6O3.C23H27FN6O/c1-16(2)23(33-27(37)38-28(3,4)5)25(36)34-12-9-22-24(34)20(15-35(22)26-30-10-6-11-31-26)19-14-32-21-13-17(29)7-8-18(19)21;1-13(2)20(25)22(31)29-9-6-19-21(29)17(12-30(19)23-26-7-3-8-27-23)16-11-28-18-10-14(24)4-5-15(16)18/h6-8,10-11,13-14,16,20,22-24,32H,9,12,15H2,1-5H3,(H,33,37);3-5,7-8,10-11,13,17,19-21,28H,6,9,12,25H2,1-2H3/t20-,22-,23+,24-;17-,19-,20+,21-/m11/s1. The highest BCUT2D eigenvalue weighted by Gasteiger charge is 2.54. The second kappa shape index (κ2) is 19.0. The first-order valence-corrected chi connectivity index (χ1v) is 24.0. The van der Waals surface area contributed by atoms with E-state index in [4.69, 9.17) is 10.5 Å². The zero-order valence-electron chi connectivity index (χ0n) is 40.1. The highest BCUT2D eigenvalue weighted by atomic mass is 19.1. The number of aromatic nitrogens is 6. The summed E-state index contributed by atoms with van der Waals surface area (Å²) in [5.74, 6) is 0.479. The van der Waals surface area contributed by atoms with Crippen LogP contribution in [0.5, 0.6) is 0 Å².